The maximum Gasteiger partial charge on any atom is 0.158 e. The van der Waals surface area contributed by atoms with E-state index in [4.69, 9.17) is 4.98 Å². The summed E-state index contributed by atoms with van der Waals surface area (Å²) in [6, 6.07) is 15.5. The van der Waals surface area contributed by atoms with Gasteiger partial charge >= 0.3 is 0 Å². The summed E-state index contributed by atoms with van der Waals surface area (Å²) < 4.78 is 17.2. The smallest absolute Gasteiger partial charge is 0.158 e. The van der Waals surface area contributed by atoms with Crippen LogP contribution in [0.4, 0.5) is 4.39 Å². The Morgan fingerprint density at radius 3 is 2.62 bits per heavy atom. The second-order valence-electron chi connectivity index (χ2n) is 8.32. The van der Waals surface area contributed by atoms with E-state index in [9.17, 15) is 4.39 Å². The molecule has 32 heavy (non-hydrogen) atoms. The van der Waals surface area contributed by atoms with Crippen LogP contribution in [-0.2, 0) is 13.6 Å². The van der Waals surface area contributed by atoms with Crippen molar-refractivity contribution in [3.05, 3.63) is 84.2 Å². The summed E-state index contributed by atoms with van der Waals surface area (Å²) in [5, 5.41) is 10.3. The number of pyridine rings is 2. The van der Waals surface area contributed by atoms with Crippen molar-refractivity contribution in [2.45, 2.75) is 25.3 Å². The maximum absolute atomic E-state index is 13.5. The molecule has 0 saturated heterocycles. The minimum Gasteiger partial charge on any atom is -0.274 e. The lowest BCUT2D eigenvalue weighted by molar-refractivity contribution is 0.621. The van der Waals surface area contributed by atoms with Crippen molar-refractivity contribution in [3.8, 4) is 22.5 Å². The summed E-state index contributed by atoms with van der Waals surface area (Å²) in [6.45, 7) is 0.657. The summed E-state index contributed by atoms with van der Waals surface area (Å²) in [5.41, 5.74) is 6.47. The van der Waals surface area contributed by atoms with Gasteiger partial charge in [-0.2, -0.15) is 10.2 Å². The van der Waals surface area contributed by atoms with Crippen LogP contribution >= 0.6 is 0 Å². The molecule has 1 aromatic carbocycles. The van der Waals surface area contributed by atoms with Gasteiger partial charge < -0.3 is 0 Å². The van der Waals surface area contributed by atoms with Crippen molar-refractivity contribution in [1.29, 1.82) is 0 Å². The molecule has 0 bridgehead atoms. The van der Waals surface area contributed by atoms with E-state index in [2.05, 4.69) is 33.4 Å². The van der Waals surface area contributed by atoms with Crippen molar-refractivity contribution in [1.82, 2.24) is 29.5 Å². The van der Waals surface area contributed by atoms with Gasteiger partial charge in [-0.15, -0.1) is 0 Å². The minimum absolute atomic E-state index is 0.365. The molecule has 1 saturated carbocycles. The van der Waals surface area contributed by atoms with Gasteiger partial charge in [0, 0.05) is 35.8 Å². The Morgan fingerprint density at radius 1 is 1.03 bits per heavy atom. The van der Waals surface area contributed by atoms with Gasteiger partial charge in [-0.25, -0.2) is 14.1 Å². The van der Waals surface area contributed by atoms with Crippen LogP contribution in [0.5, 0.6) is 0 Å². The lowest BCUT2D eigenvalue weighted by atomic mass is 10.0. The Kier molecular flexibility index (Phi) is 4.35. The maximum atomic E-state index is 13.5. The molecule has 6 rings (SSSR count). The monoisotopic (exact) mass is 424 g/mol. The second kappa shape index (κ2) is 7.37. The van der Waals surface area contributed by atoms with Gasteiger partial charge in [0.2, 0.25) is 0 Å². The number of aromatic nitrogens is 6. The average molecular weight is 424 g/mol. The molecular formula is C25H21FN6. The van der Waals surface area contributed by atoms with Crippen molar-refractivity contribution in [2.75, 3.05) is 0 Å². The van der Waals surface area contributed by atoms with Gasteiger partial charge in [-0.05, 0) is 42.2 Å². The Morgan fingerprint density at radius 2 is 1.88 bits per heavy atom. The number of aryl methyl sites for hydroxylation is 1. The predicted molar refractivity (Wildman–Crippen MR) is 120 cm³/mol. The summed E-state index contributed by atoms with van der Waals surface area (Å²) >= 11 is 0. The highest BCUT2D eigenvalue weighted by molar-refractivity contribution is 5.96. The van der Waals surface area contributed by atoms with E-state index in [0.29, 0.717) is 18.2 Å². The largest absolute Gasteiger partial charge is 0.274 e. The molecule has 0 unspecified atom stereocenters. The highest BCUT2D eigenvalue weighted by Crippen LogP contribution is 2.43. The van der Waals surface area contributed by atoms with Gasteiger partial charge in [-0.1, -0.05) is 30.3 Å². The molecule has 6 nitrogen and oxygen atoms in total. The van der Waals surface area contributed by atoms with E-state index < -0.39 is 0 Å². The predicted octanol–water partition coefficient (Wildman–Crippen LogP) is 4.96. The topological polar surface area (TPSA) is 61.4 Å². The van der Waals surface area contributed by atoms with Crippen molar-refractivity contribution in [2.24, 2.45) is 7.05 Å². The molecule has 0 N–H and O–H groups in total. The van der Waals surface area contributed by atoms with Crippen LogP contribution in [0.3, 0.4) is 0 Å². The van der Waals surface area contributed by atoms with E-state index >= 15 is 0 Å². The highest BCUT2D eigenvalue weighted by atomic mass is 19.1. The summed E-state index contributed by atoms with van der Waals surface area (Å²) in [4.78, 5) is 9.28. The zero-order valence-corrected chi connectivity index (χ0v) is 17.6. The van der Waals surface area contributed by atoms with E-state index in [1.807, 2.05) is 42.3 Å². The average Bonchev–Trinajstić information content (AvgIpc) is 3.48. The number of benzene rings is 1. The van der Waals surface area contributed by atoms with E-state index in [0.717, 1.165) is 46.4 Å². The Hall–Kier alpha value is -3.87. The van der Waals surface area contributed by atoms with Gasteiger partial charge in [0.15, 0.2) is 5.65 Å². The molecule has 0 amide bonds. The van der Waals surface area contributed by atoms with Gasteiger partial charge in [0.25, 0.3) is 0 Å². The van der Waals surface area contributed by atoms with Crippen LogP contribution in [0.1, 0.15) is 30.0 Å². The minimum atomic E-state index is -0.365. The van der Waals surface area contributed by atoms with Crippen LogP contribution in [0.2, 0.25) is 0 Å². The van der Waals surface area contributed by atoms with Crippen LogP contribution < -0.4 is 0 Å². The molecular weight excluding hydrogens is 403 g/mol. The third kappa shape index (κ3) is 3.36. The number of rotatable bonds is 5. The first-order chi connectivity index (χ1) is 15.7. The van der Waals surface area contributed by atoms with E-state index in [1.165, 1.54) is 17.8 Å². The normalized spacial score (nSPS) is 13.7. The summed E-state index contributed by atoms with van der Waals surface area (Å²) in [7, 11) is 1.88. The Bertz CT molecular complexity index is 1410. The molecule has 5 aromatic rings. The molecule has 4 aromatic heterocycles. The van der Waals surface area contributed by atoms with Crippen LogP contribution in [0.25, 0.3) is 33.5 Å². The highest BCUT2D eigenvalue weighted by Gasteiger charge is 2.28. The third-order valence-electron chi connectivity index (χ3n) is 5.89. The number of nitrogens with zero attached hydrogens (tertiary/aromatic N) is 6. The number of halogens is 1. The lowest BCUT2D eigenvalue weighted by Gasteiger charge is -2.09. The summed E-state index contributed by atoms with van der Waals surface area (Å²) in [6.07, 6.45) is 7.41. The molecule has 1 aliphatic carbocycles. The molecule has 0 spiro atoms. The Balaban J connectivity index is 1.53. The quantitative estimate of drug-likeness (QED) is 0.400. The molecule has 1 aliphatic rings. The molecule has 0 aliphatic heterocycles. The van der Waals surface area contributed by atoms with Crippen LogP contribution in [0, 0.1) is 5.82 Å². The number of hydrogen-bond acceptors (Lipinski definition) is 4. The molecule has 4 heterocycles. The van der Waals surface area contributed by atoms with Gasteiger partial charge in [0.1, 0.15) is 11.5 Å². The Labute approximate surface area is 184 Å². The van der Waals surface area contributed by atoms with Crippen molar-refractivity contribution in [3.63, 3.8) is 0 Å². The van der Waals surface area contributed by atoms with Crippen LogP contribution in [0.15, 0.2) is 67.1 Å². The molecule has 0 radical (unpaired) electrons. The molecule has 0 atom stereocenters. The zero-order valence-electron chi connectivity index (χ0n) is 17.6. The fraction of sp³-hybridized carbons (Fsp3) is 0.200. The fourth-order valence-electron chi connectivity index (χ4n) is 4.14. The number of hydrogen-bond donors (Lipinski definition) is 0. The lowest BCUT2D eigenvalue weighted by Crippen LogP contribution is -2.03. The van der Waals surface area contributed by atoms with E-state index in [1.54, 1.807) is 10.7 Å². The SMILES string of the molecule is Cn1cc(-c2cc(C3CC3)nc3c2cnn3Cc2ccccc2)c(-c2ccc(F)cn2)n1. The second-order valence-corrected chi connectivity index (χ2v) is 8.32. The van der Waals surface area contributed by atoms with E-state index in [-0.39, 0.29) is 5.82 Å². The van der Waals surface area contributed by atoms with Gasteiger partial charge in [0.05, 0.1) is 24.6 Å². The summed E-state index contributed by atoms with van der Waals surface area (Å²) in [5.74, 6) is 0.123. The fourth-order valence-corrected chi connectivity index (χ4v) is 4.14. The number of fused-ring (bicyclic) bond motifs is 1. The molecule has 7 heteroatoms. The standard InChI is InChI=1S/C25H21FN6/c1-31-15-21(24(30-31)22-10-9-18(26)12-27-22)19-11-23(17-7-8-17)29-25-20(19)13-28-32(25)14-16-5-3-2-4-6-16/h2-6,9-13,15,17H,7-8,14H2,1H3. The molecule has 158 valence electrons. The van der Waals surface area contributed by atoms with Gasteiger partial charge in [-0.3, -0.25) is 9.67 Å². The molecule has 1 fully saturated rings. The zero-order chi connectivity index (χ0) is 21.7. The first-order valence-corrected chi connectivity index (χ1v) is 10.7. The first-order valence-electron chi connectivity index (χ1n) is 10.7. The van der Waals surface area contributed by atoms with Crippen LogP contribution in [-0.4, -0.2) is 29.5 Å². The first kappa shape index (κ1) is 18.9. The van der Waals surface area contributed by atoms with Crippen molar-refractivity contribution < 1.29 is 4.39 Å². The third-order valence-corrected chi connectivity index (χ3v) is 5.89. The van der Waals surface area contributed by atoms with Crippen molar-refractivity contribution >= 4 is 11.0 Å².